The highest BCUT2D eigenvalue weighted by Gasteiger charge is 2.32. The van der Waals surface area contributed by atoms with Gasteiger partial charge in [0.15, 0.2) is 0 Å². The fraction of sp³-hybridized carbons (Fsp3) is 0.222. The number of halogens is 1. The Labute approximate surface area is 154 Å². The minimum Gasteiger partial charge on any atom is -0.442 e. The van der Waals surface area contributed by atoms with Gasteiger partial charge < -0.3 is 10.1 Å². The lowest BCUT2D eigenvalue weighted by Crippen LogP contribution is -2.33. The fourth-order valence-corrected chi connectivity index (χ4v) is 2.76. The molecule has 2 aromatic rings. The van der Waals surface area contributed by atoms with Gasteiger partial charge in [-0.2, -0.15) is 0 Å². The van der Waals surface area contributed by atoms with Crippen molar-refractivity contribution in [3.8, 4) is 11.1 Å². The van der Waals surface area contributed by atoms with Crippen LogP contribution in [0.5, 0.6) is 0 Å². The van der Waals surface area contributed by atoms with Crippen LogP contribution in [0.1, 0.15) is 6.92 Å². The predicted molar refractivity (Wildman–Crippen MR) is 96.9 cm³/mol. The lowest BCUT2D eigenvalue weighted by molar-refractivity contribution is -0.119. The molecule has 8 nitrogen and oxygen atoms in total. The smallest absolute Gasteiger partial charge is 0.414 e. The van der Waals surface area contributed by atoms with E-state index in [4.69, 9.17) is 10.3 Å². The number of hydrogen-bond acceptors (Lipinski definition) is 4. The zero-order chi connectivity index (χ0) is 19.4. The van der Waals surface area contributed by atoms with E-state index in [0.29, 0.717) is 22.5 Å². The Bertz CT molecular complexity index is 925. The maximum absolute atomic E-state index is 14.6. The molecule has 0 saturated carbocycles. The van der Waals surface area contributed by atoms with Crippen molar-refractivity contribution in [2.45, 2.75) is 13.0 Å². The molecular formula is C18H16FN5O3. The van der Waals surface area contributed by atoms with Crippen molar-refractivity contribution in [1.29, 1.82) is 0 Å². The first kappa shape index (κ1) is 18.2. The Morgan fingerprint density at radius 1 is 1.37 bits per heavy atom. The molecule has 2 amide bonds. The van der Waals surface area contributed by atoms with Crippen molar-refractivity contribution < 1.29 is 18.7 Å². The average molecular weight is 369 g/mol. The minimum absolute atomic E-state index is 0.204. The van der Waals surface area contributed by atoms with Gasteiger partial charge in [-0.1, -0.05) is 29.4 Å². The molecule has 0 radical (unpaired) electrons. The Morgan fingerprint density at radius 3 is 2.74 bits per heavy atom. The monoisotopic (exact) mass is 369 g/mol. The number of carbonyl (C=O) groups excluding carboxylic acids is 2. The molecule has 1 fully saturated rings. The second kappa shape index (κ2) is 7.76. The van der Waals surface area contributed by atoms with Crippen molar-refractivity contribution in [1.82, 2.24) is 5.32 Å². The molecule has 2 aromatic carbocycles. The molecule has 1 aliphatic rings. The van der Waals surface area contributed by atoms with Crippen LogP contribution in [0.25, 0.3) is 21.6 Å². The summed E-state index contributed by atoms with van der Waals surface area (Å²) in [7, 11) is 0. The van der Waals surface area contributed by atoms with Crippen LogP contribution in [0, 0.1) is 5.82 Å². The normalized spacial score (nSPS) is 15.9. The van der Waals surface area contributed by atoms with E-state index < -0.39 is 18.0 Å². The van der Waals surface area contributed by atoms with Gasteiger partial charge in [0.05, 0.1) is 18.8 Å². The Kier molecular flexibility index (Phi) is 5.23. The maximum Gasteiger partial charge on any atom is 0.414 e. The van der Waals surface area contributed by atoms with Crippen LogP contribution in [0.2, 0.25) is 0 Å². The van der Waals surface area contributed by atoms with E-state index in [1.165, 1.54) is 17.9 Å². The van der Waals surface area contributed by atoms with Crippen LogP contribution in [0.15, 0.2) is 47.6 Å². The second-order valence-electron chi connectivity index (χ2n) is 5.95. The summed E-state index contributed by atoms with van der Waals surface area (Å²) < 4.78 is 19.8. The number of cyclic esters (lactones) is 1. The Hall–Kier alpha value is -3.58. The Balaban J connectivity index is 1.77. The molecule has 138 valence electrons. The number of amides is 2. The zero-order valence-electron chi connectivity index (χ0n) is 14.4. The van der Waals surface area contributed by atoms with Gasteiger partial charge in [-0.3, -0.25) is 9.69 Å². The number of carbonyl (C=O) groups is 2. The van der Waals surface area contributed by atoms with E-state index >= 15 is 0 Å². The van der Waals surface area contributed by atoms with E-state index in [9.17, 15) is 14.0 Å². The number of rotatable bonds is 5. The van der Waals surface area contributed by atoms with Gasteiger partial charge in [0.25, 0.3) is 0 Å². The van der Waals surface area contributed by atoms with Crippen molar-refractivity contribution in [2.75, 3.05) is 18.0 Å². The van der Waals surface area contributed by atoms with Crippen molar-refractivity contribution in [2.24, 2.45) is 5.11 Å². The summed E-state index contributed by atoms with van der Waals surface area (Å²) in [6.45, 7) is 1.80. The van der Waals surface area contributed by atoms with Crippen molar-refractivity contribution in [3.05, 3.63) is 58.7 Å². The maximum atomic E-state index is 14.6. The highest BCUT2D eigenvalue weighted by atomic mass is 19.1. The second-order valence-corrected chi connectivity index (χ2v) is 5.95. The summed E-state index contributed by atoms with van der Waals surface area (Å²) in [5.74, 6) is -0.714. The van der Waals surface area contributed by atoms with E-state index in [2.05, 4.69) is 15.3 Å². The molecule has 27 heavy (non-hydrogen) atoms. The number of ether oxygens (including phenoxy) is 1. The van der Waals surface area contributed by atoms with Crippen LogP contribution < -0.4 is 10.2 Å². The van der Waals surface area contributed by atoms with Gasteiger partial charge in [0.2, 0.25) is 5.91 Å². The van der Waals surface area contributed by atoms with Crippen LogP contribution in [0.4, 0.5) is 20.6 Å². The van der Waals surface area contributed by atoms with Crippen LogP contribution in [-0.2, 0) is 9.53 Å². The highest BCUT2D eigenvalue weighted by Crippen LogP contribution is 2.30. The topological polar surface area (TPSA) is 107 Å². The molecule has 1 heterocycles. The van der Waals surface area contributed by atoms with Gasteiger partial charge in [0.1, 0.15) is 11.9 Å². The summed E-state index contributed by atoms with van der Waals surface area (Å²) in [5, 5.41) is 6.06. The average Bonchev–Trinajstić information content (AvgIpc) is 3.02. The minimum atomic E-state index is -0.587. The molecular weight excluding hydrogens is 353 g/mol. The van der Waals surface area contributed by atoms with Gasteiger partial charge in [-0.05, 0) is 29.3 Å². The number of benzene rings is 2. The number of anilines is 1. The zero-order valence-corrected chi connectivity index (χ0v) is 14.4. The number of azide groups is 1. The van der Waals surface area contributed by atoms with Gasteiger partial charge in [0, 0.05) is 23.1 Å². The number of hydrogen-bond donors (Lipinski definition) is 1. The molecule has 0 spiro atoms. The SMILES string of the molecule is CC(=O)NC[C@H]1CN(c2ccc(-c3ccc(N=[N+]=[N-])cc3)c(F)c2)C(=O)O1. The van der Waals surface area contributed by atoms with E-state index in [1.54, 1.807) is 36.4 Å². The molecule has 0 aliphatic carbocycles. The quantitative estimate of drug-likeness (QED) is 0.490. The van der Waals surface area contributed by atoms with Gasteiger partial charge in [-0.25, -0.2) is 9.18 Å². The first-order chi connectivity index (χ1) is 13.0. The van der Waals surface area contributed by atoms with Gasteiger partial charge >= 0.3 is 6.09 Å². The first-order valence-electron chi connectivity index (χ1n) is 8.15. The first-order valence-corrected chi connectivity index (χ1v) is 8.15. The summed E-state index contributed by atoms with van der Waals surface area (Å²) >= 11 is 0. The van der Waals surface area contributed by atoms with E-state index in [-0.39, 0.29) is 19.0 Å². The molecule has 0 unspecified atom stereocenters. The summed E-state index contributed by atoms with van der Waals surface area (Å²) in [6.07, 6.45) is -1.08. The predicted octanol–water partition coefficient (Wildman–Crippen LogP) is 3.90. The summed E-state index contributed by atoms with van der Waals surface area (Å²) in [4.78, 5) is 27.0. The standard InChI is InChI=1S/C18H16FN5O3/c1-11(25)21-9-15-10-24(18(26)27-15)14-6-7-16(17(19)8-14)12-2-4-13(5-3-12)22-23-20/h2-8,15H,9-10H2,1H3,(H,21,25)/t15-/m0/s1. The van der Waals surface area contributed by atoms with Crippen LogP contribution >= 0.6 is 0 Å². The largest absolute Gasteiger partial charge is 0.442 e. The lowest BCUT2D eigenvalue weighted by atomic mass is 10.0. The van der Waals surface area contributed by atoms with Gasteiger partial charge in [-0.15, -0.1) is 0 Å². The van der Waals surface area contributed by atoms with E-state index in [1.807, 2.05) is 0 Å². The third-order valence-corrected chi connectivity index (χ3v) is 4.06. The highest BCUT2D eigenvalue weighted by molar-refractivity contribution is 5.90. The molecule has 1 saturated heterocycles. The molecule has 3 rings (SSSR count). The molecule has 0 bridgehead atoms. The number of nitrogens with one attached hydrogen (secondary N) is 1. The van der Waals surface area contributed by atoms with Crippen molar-refractivity contribution >= 4 is 23.4 Å². The molecule has 9 heteroatoms. The van der Waals surface area contributed by atoms with E-state index in [0.717, 1.165) is 0 Å². The third kappa shape index (κ3) is 4.16. The molecule has 0 aromatic heterocycles. The molecule has 1 atom stereocenters. The van der Waals surface area contributed by atoms with Crippen molar-refractivity contribution in [3.63, 3.8) is 0 Å². The molecule has 1 N–H and O–H groups in total. The summed E-state index contributed by atoms with van der Waals surface area (Å²) in [5.41, 5.74) is 10.2. The lowest BCUT2D eigenvalue weighted by Gasteiger charge is -2.14. The third-order valence-electron chi connectivity index (χ3n) is 4.06. The fourth-order valence-electron chi connectivity index (χ4n) is 2.76. The molecule has 1 aliphatic heterocycles. The Morgan fingerprint density at radius 2 is 2.11 bits per heavy atom. The summed E-state index contributed by atoms with van der Waals surface area (Å²) in [6, 6.07) is 10.9. The van der Waals surface area contributed by atoms with Crippen LogP contribution in [0.3, 0.4) is 0 Å². The van der Waals surface area contributed by atoms with Crippen LogP contribution in [-0.4, -0.2) is 31.2 Å². The number of nitrogens with zero attached hydrogens (tertiary/aromatic N) is 4.